The number of anilines is 1. The van der Waals surface area contributed by atoms with Crippen LogP contribution in [-0.2, 0) is 14.8 Å². The average Bonchev–Trinajstić information content (AvgIpc) is 3.44. The van der Waals surface area contributed by atoms with Gasteiger partial charge in [-0.05, 0) is 35.7 Å². The van der Waals surface area contributed by atoms with Crippen molar-refractivity contribution < 1.29 is 13.2 Å². The van der Waals surface area contributed by atoms with Crippen molar-refractivity contribution in [2.24, 2.45) is 5.92 Å². The van der Waals surface area contributed by atoms with Crippen LogP contribution in [0.2, 0.25) is 0 Å². The highest BCUT2D eigenvalue weighted by Crippen LogP contribution is 2.32. The number of hydrogen-bond donors (Lipinski definition) is 1. The summed E-state index contributed by atoms with van der Waals surface area (Å²) < 4.78 is 28.4. The Kier molecular flexibility index (Phi) is 5.06. The van der Waals surface area contributed by atoms with Crippen molar-refractivity contribution >= 4 is 64.7 Å². The number of benzene rings is 2. The van der Waals surface area contributed by atoms with E-state index >= 15 is 0 Å². The molecule has 4 aromatic rings. The number of thiophene rings is 1. The summed E-state index contributed by atoms with van der Waals surface area (Å²) in [6, 6.07) is 15.4. The van der Waals surface area contributed by atoms with Gasteiger partial charge in [0.1, 0.15) is 4.21 Å². The van der Waals surface area contributed by atoms with Crippen LogP contribution in [0, 0.1) is 5.92 Å². The lowest BCUT2D eigenvalue weighted by Crippen LogP contribution is -2.43. The first-order chi connectivity index (χ1) is 14.5. The number of piperidine rings is 1. The summed E-state index contributed by atoms with van der Waals surface area (Å²) in [5.74, 6) is -0.568. The molecule has 1 amide bonds. The van der Waals surface area contributed by atoms with E-state index in [1.165, 1.54) is 27.0 Å². The molecule has 1 unspecified atom stereocenters. The van der Waals surface area contributed by atoms with Crippen molar-refractivity contribution in [3.8, 4) is 0 Å². The number of aromatic nitrogens is 1. The molecule has 0 spiro atoms. The molecule has 0 radical (unpaired) electrons. The molecule has 0 saturated carbocycles. The van der Waals surface area contributed by atoms with Crippen molar-refractivity contribution in [1.29, 1.82) is 0 Å². The van der Waals surface area contributed by atoms with Gasteiger partial charge in [-0.15, -0.1) is 11.3 Å². The van der Waals surface area contributed by atoms with Crippen molar-refractivity contribution in [2.75, 3.05) is 18.4 Å². The minimum absolute atomic E-state index is 0.176. The van der Waals surface area contributed by atoms with Gasteiger partial charge in [0.2, 0.25) is 5.91 Å². The Morgan fingerprint density at radius 3 is 2.83 bits per heavy atom. The third kappa shape index (κ3) is 3.51. The SMILES string of the molecule is O=C(Nc1nc2c(ccc3ccccc32)s1)C1CCCN(S(=O)(=O)c2cccs2)C1. The zero-order valence-electron chi connectivity index (χ0n) is 15.9. The number of nitrogens with zero attached hydrogens (tertiary/aromatic N) is 2. The highest BCUT2D eigenvalue weighted by Gasteiger charge is 2.34. The fourth-order valence-electron chi connectivity index (χ4n) is 3.83. The summed E-state index contributed by atoms with van der Waals surface area (Å²) in [5, 5.41) is 7.38. The van der Waals surface area contributed by atoms with Gasteiger partial charge < -0.3 is 5.32 Å². The lowest BCUT2D eigenvalue weighted by molar-refractivity contribution is -0.120. The smallest absolute Gasteiger partial charge is 0.252 e. The number of thiazole rings is 1. The van der Waals surface area contributed by atoms with Crippen LogP contribution in [0.3, 0.4) is 0 Å². The van der Waals surface area contributed by atoms with E-state index < -0.39 is 15.9 Å². The largest absolute Gasteiger partial charge is 0.302 e. The number of amides is 1. The Bertz CT molecular complexity index is 1330. The van der Waals surface area contributed by atoms with Crippen molar-refractivity contribution in [3.05, 3.63) is 53.9 Å². The average molecular weight is 458 g/mol. The molecule has 1 aliphatic rings. The maximum absolute atomic E-state index is 12.9. The first-order valence-electron chi connectivity index (χ1n) is 9.65. The second-order valence-electron chi connectivity index (χ2n) is 7.28. The molecule has 2 aromatic heterocycles. The summed E-state index contributed by atoms with van der Waals surface area (Å²) in [5.41, 5.74) is 0.874. The maximum Gasteiger partial charge on any atom is 0.252 e. The van der Waals surface area contributed by atoms with Gasteiger partial charge in [-0.25, -0.2) is 13.4 Å². The molecule has 1 saturated heterocycles. The third-order valence-electron chi connectivity index (χ3n) is 5.36. The van der Waals surface area contributed by atoms with Gasteiger partial charge in [-0.1, -0.05) is 47.7 Å². The normalized spacial score (nSPS) is 18.1. The highest BCUT2D eigenvalue weighted by molar-refractivity contribution is 7.91. The second-order valence-corrected chi connectivity index (χ2v) is 11.4. The van der Waals surface area contributed by atoms with Crippen molar-refractivity contribution in [2.45, 2.75) is 17.1 Å². The predicted molar refractivity (Wildman–Crippen MR) is 122 cm³/mol. The zero-order valence-corrected chi connectivity index (χ0v) is 18.4. The molecular formula is C21H19N3O3S3. The number of carbonyl (C=O) groups excluding carboxylic acids is 1. The highest BCUT2D eigenvalue weighted by atomic mass is 32.2. The molecule has 1 aliphatic heterocycles. The van der Waals surface area contributed by atoms with Crippen LogP contribution >= 0.6 is 22.7 Å². The van der Waals surface area contributed by atoms with E-state index in [-0.39, 0.29) is 12.5 Å². The molecule has 2 aromatic carbocycles. The molecule has 9 heteroatoms. The maximum atomic E-state index is 12.9. The van der Waals surface area contributed by atoms with E-state index in [0.29, 0.717) is 28.7 Å². The summed E-state index contributed by atoms with van der Waals surface area (Å²) >= 11 is 2.64. The van der Waals surface area contributed by atoms with Gasteiger partial charge in [0.05, 0.1) is 16.1 Å². The molecule has 154 valence electrons. The van der Waals surface area contributed by atoms with Crippen LogP contribution in [0.15, 0.2) is 58.1 Å². The van der Waals surface area contributed by atoms with Gasteiger partial charge in [0, 0.05) is 18.5 Å². The number of fused-ring (bicyclic) bond motifs is 3. The van der Waals surface area contributed by atoms with E-state index in [9.17, 15) is 13.2 Å². The predicted octanol–water partition coefficient (Wildman–Crippen LogP) is 4.55. The molecule has 3 heterocycles. The van der Waals surface area contributed by atoms with Gasteiger partial charge in [0.15, 0.2) is 5.13 Å². The third-order valence-corrected chi connectivity index (χ3v) is 9.53. The van der Waals surface area contributed by atoms with Gasteiger partial charge in [-0.2, -0.15) is 4.31 Å². The van der Waals surface area contributed by atoms with E-state index in [4.69, 9.17) is 0 Å². The van der Waals surface area contributed by atoms with E-state index in [0.717, 1.165) is 21.0 Å². The van der Waals surface area contributed by atoms with Crippen LogP contribution in [0.25, 0.3) is 21.0 Å². The van der Waals surface area contributed by atoms with Gasteiger partial charge in [-0.3, -0.25) is 4.79 Å². The van der Waals surface area contributed by atoms with Crippen LogP contribution in [0.4, 0.5) is 5.13 Å². The zero-order chi connectivity index (χ0) is 20.7. The Balaban J connectivity index is 1.35. The molecule has 6 nitrogen and oxygen atoms in total. The number of rotatable bonds is 4. The number of carbonyl (C=O) groups is 1. The van der Waals surface area contributed by atoms with Crippen LogP contribution in [0.1, 0.15) is 12.8 Å². The summed E-state index contributed by atoms with van der Waals surface area (Å²) in [7, 11) is -3.54. The monoisotopic (exact) mass is 457 g/mol. The fraction of sp³-hybridized carbons (Fsp3) is 0.238. The number of sulfonamides is 1. The van der Waals surface area contributed by atoms with Crippen LogP contribution < -0.4 is 5.32 Å². The Morgan fingerprint density at radius 2 is 2.00 bits per heavy atom. The van der Waals surface area contributed by atoms with Crippen LogP contribution in [-0.4, -0.2) is 36.7 Å². The van der Waals surface area contributed by atoms with Gasteiger partial charge in [0.25, 0.3) is 10.0 Å². The summed E-state index contributed by atoms with van der Waals surface area (Å²) in [6.45, 7) is 0.636. The Hall–Kier alpha value is -2.33. The molecule has 30 heavy (non-hydrogen) atoms. The lowest BCUT2D eigenvalue weighted by Gasteiger charge is -2.30. The molecule has 0 aliphatic carbocycles. The first kappa shape index (κ1) is 19.6. The molecule has 1 fully saturated rings. The standard InChI is InChI=1S/C21H19N3O3S3/c25-20(15-6-3-11-24(13-15)30(26,27)18-8-4-12-28-18)23-21-22-19-16-7-2-1-5-14(16)9-10-17(19)29-21/h1-2,4-5,7-10,12,15H,3,6,11,13H2,(H,22,23,25). The Morgan fingerprint density at radius 1 is 1.13 bits per heavy atom. The summed E-state index contributed by atoms with van der Waals surface area (Å²) in [4.78, 5) is 17.5. The topological polar surface area (TPSA) is 79.4 Å². The minimum atomic E-state index is -3.54. The second kappa shape index (κ2) is 7.73. The number of nitrogens with one attached hydrogen (secondary N) is 1. The minimum Gasteiger partial charge on any atom is -0.302 e. The molecule has 1 N–H and O–H groups in total. The van der Waals surface area contributed by atoms with E-state index in [1.54, 1.807) is 17.5 Å². The van der Waals surface area contributed by atoms with Crippen molar-refractivity contribution in [3.63, 3.8) is 0 Å². The van der Waals surface area contributed by atoms with Gasteiger partial charge >= 0.3 is 0 Å². The number of hydrogen-bond acceptors (Lipinski definition) is 6. The van der Waals surface area contributed by atoms with E-state index in [2.05, 4.69) is 16.4 Å². The fourth-order valence-corrected chi connectivity index (χ4v) is 7.39. The summed E-state index contributed by atoms with van der Waals surface area (Å²) in [6.07, 6.45) is 1.32. The quantitative estimate of drug-likeness (QED) is 0.488. The van der Waals surface area contributed by atoms with Crippen LogP contribution in [0.5, 0.6) is 0 Å². The first-order valence-corrected chi connectivity index (χ1v) is 12.8. The van der Waals surface area contributed by atoms with E-state index in [1.807, 2.05) is 30.3 Å². The Labute approximate surface area is 182 Å². The molecule has 0 bridgehead atoms. The van der Waals surface area contributed by atoms with Crippen molar-refractivity contribution in [1.82, 2.24) is 9.29 Å². The molecule has 1 atom stereocenters. The molecule has 5 rings (SSSR count). The molecular weight excluding hydrogens is 438 g/mol. The lowest BCUT2D eigenvalue weighted by atomic mass is 9.99.